The number of benzene rings is 3. The first-order valence-electron chi connectivity index (χ1n) is 12.8. The fourth-order valence-electron chi connectivity index (χ4n) is 5.59. The Kier molecular flexibility index (Phi) is 7.94. The van der Waals surface area contributed by atoms with E-state index in [9.17, 15) is 18.7 Å². The zero-order valence-electron chi connectivity index (χ0n) is 21.2. The fraction of sp³-hybridized carbons (Fsp3) is 0.345. The molecule has 2 aliphatic rings. The summed E-state index contributed by atoms with van der Waals surface area (Å²) in [4.78, 5) is 12.3. The minimum atomic E-state index is -3.35. The smallest absolute Gasteiger partial charge is 0.387 e. The molecular weight excluding hydrogens is 552 g/mol. The molecule has 0 radical (unpaired) electrons. The second kappa shape index (κ2) is 11.3. The van der Waals surface area contributed by atoms with Gasteiger partial charge in [0.15, 0.2) is 17.2 Å². The number of alkyl halides is 2. The number of carbonyl (C=O) groups excluding carboxylic acids is 1. The number of fused-ring (bicyclic) bond motifs is 1. The monoisotopic (exact) mass is 578 g/mol. The number of hydrogen-bond acceptors (Lipinski definition) is 5. The molecule has 5 rings (SSSR count). The molecular formula is C29H27ClF4N2O4. The number of rotatable bonds is 8. The number of nitrogens with one attached hydrogen (secondary N) is 1. The van der Waals surface area contributed by atoms with E-state index in [-0.39, 0.29) is 47.6 Å². The van der Waals surface area contributed by atoms with Gasteiger partial charge < -0.3 is 25.6 Å². The largest absolute Gasteiger partial charge is 0.480 e. The van der Waals surface area contributed by atoms with Crippen LogP contribution in [0.15, 0.2) is 48.5 Å². The highest BCUT2D eigenvalue weighted by atomic mass is 35.5. The molecule has 1 heterocycles. The van der Waals surface area contributed by atoms with Crippen molar-refractivity contribution < 1.29 is 36.9 Å². The third-order valence-corrected chi connectivity index (χ3v) is 7.93. The lowest BCUT2D eigenvalue weighted by molar-refractivity contribution is -0.0521. The Morgan fingerprint density at radius 3 is 2.48 bits per heavy atom. The zero-order chi connectivity index (χ0) is 28.6. The number of primary amides is 1. The summed E-state index contributed by atoms with van der Waals surface area (Å²) < 4.78 is 67.7. The van der Waals surface area contributed by atoms with Gasteiger partial charge >= 0.3 is 6.61 Å². The summed E-state index contributed by atoms with van der Waals surface area (Å²) in [6.07, 6.45) is 2.59. The lowest BCUT2D eigenvalue weighted by atomic mass is 9.84. The number of aliphatic hydroxyl groups excluding tert-OH is 1. The number of amides is 1. The summed E-state index contributed by atoms with van der Waals surface area (Å²) in [5.74, 6) is -4.14. The van der Waals surface area contributed by atoms with Crippen LogP contribution in [-0.2, 0) is 12.0 Å². The zero-order valence-corrected chi connectivity index (χ0v) is 22.0. The molecule has 1 aliphatic heterocycles. The van der Waals surface area contributed by atoms with Gasteiger partial charge in [-0.15, -0.1) is 0 Å². The maximum absolute atomic E-state index is 15.7. The summed E-state index contributed by atoms with van der Waals surface area (Å²) >= 11 is 6.39. The molecule has 0 aromatic heterocycles. The van der Waals surface area contributed by atoms with E-state index in [2.05, 4.69) is 10.1 Å². The summed E-state index contributed by atoms with van der Waals surface area (Å²) in [5.41, 5.74) is 4.30. The second-order valence-corrected chi connectivity index (χ2v) is 10.5. The Bertz CT molecular complexity index is 1420. The van der Waals surface area contributed by atoms with Crippen LogP contribution in [0.1, 0.15) is 47.2 Å². The Morgan fingerprint density at radius 1 is 1.12 bits per heavy atom. The van der Waals surface area contributed by atoms with Gasteiger partial charge in [0.05, 0.1) is 16.7 Å². The second-order valence-electron chi connectivity index (χ2n) is 10.1. The lowest BCUT2D eigenvalue weighted by Crippen LogP contribution is -2.46. The predicted octanol–water partition coefficient (Wildman–Crippen LogP) is 5.71. The summed E-state index contributed by atoms with van der Waals surface area (Å²) in [5, 5.41) is 12.9. The van der Waals surface area contributed by atoms with Crippen molar-refractivity contribution in [3.63, 3.8) is 0 Å². The molecule has 0 spiro atoms. The Balaban J connectivity index is 1.63. The molecule has 4 N–H and O–H groups in total. The molecule has 3 aromatic rings. The number of hydrogen-bond donors (Lipinski definition) is 3. The molecule has 1 aliphatic carbocycles. The molecule has 1 amide bonds. The van der Waals surface area contributed by atoms with Gasteiger partial charge in [-0.25, -0.2) is 8.78 Å². The maximum atomic E-state index is 15.7. The van der Waals surface area contributed by atoms with E-state index in [1.54, 1.807) is 0 Å². The molecule has 1 atom stereocenters. The van der Waals surface area contributed by atoms with Gasteiger partial charge in [0.1, 0.15) is 11.6 Å². The highest BCUT2D eigenvalue weighted by Crippen LogP contribution is 2.50. The standard InChI is InChI=1S/C29H27ClF4N2O4/c30-25-20(31)12-22-19(23(25)24-18(27(35)38)10-11-21(26(24)32)39-28(33)34)13-29(40-22,15-4-2-1-3-5-15)14-36-16-6-8-17(37)9-7-16/h1-5,10-12,16-17,28,36-37H,6-9,13-14H2,(H2,35,38). The van der Waals surface area contributed by atoms with E-state index in [0.29, 0.717) is 12.8 Å². The number of nitrogens with two attached hydrogens (primary N) is 1. The van der Waals surface area contributed by atoms with Crippen LogP contribution in [0.25, 0.3) is 11.1 Å². The van der Waals surface area contributed by atoms with Crippen molar-refractivity contribution in [1.29, 1.82) is 0 Å². The van der Waals surface area contributed by atoms with Crippen LogP contribution in [0.2, 0.25) is 5.02 Å². The van der Waals surface area contributed by atoms with Crippen LogP contribution in [0.3, 0.4) is 0 Å². The van der Waals surface area contributed by atoms with Gasteiger partial charge in [0.25, 0.3) is 0 Å². The van der Waals surface area contributed by atoms with Crippen LogP contribution >= 0.6 is 11.6 Å². The van der Waals surface area contributed by atoms with E-state index in [4.69, 9.17) is 22.1 Å². The van der Waals surface area contributed by atoms with Crippen molar-refractivity contribution in [2.24, 2.45) is 5.73 Å². The minimum absolute atomic E-state index is 0.0663. The van der Waals surface area contributed by atoms with Crippen molar-refractivity contribution in [3.05, 3.63) is 81.9 Å². The SMILES string of the molecule is NC(=O)c1ccc(OC(F)F)c(F)c1-c1c(Cl)c(F)cc2c1CC(CNC1CCC(O)CC1)(c1ccccc1)O2. The van der Waals surface area contributed by atoms with E-state index >= 15 is 8.78 Å². The molecule has 11 heteroatoms. The molecule has 40 heavy (non-hydrogen) atoms. The van der Waals surface area contributed by atoms with E-state index in [1.165, 1.54) is 0 Å². The molecule has 1 saturated carbocycles. The molecule has 1 unspecified atom stereocenters. The van der Waals surface area contributed by atoms with Gasteiger partial charge in [-0.05, 0) is 43.4 Å². The minimum Gasteiger partial charge on any atom is -0.480 e. The number of aliphatic hydroxyl groups is 1. The van der Waals surface area contributed by atoms with Crippen molar-refractivity contribution >= 4 is 17.5 Å². The van der Waals surface area contributed by atoms with E-state index in [0.717, 1.165) is 36.6 Å². The Morgan fingerprint density at radius 2 is 1.82 bits per heavy atom. The Labute approximate surface area is 233 Å². The van der Waals surface area contributed by atoms with Gasteiger partial charge in [-0.1, -0.05) is 41.9 Å². The van der Waals surface area contributed by atoms with Gasteiger partial charge in [-0.3, -0.25) is 4.79 Å². The first kappa shape index (κ1) is 28.2. The molecule has 1 fully saturated rings. The van der Waals surface area contributed by atoms with Crippen molar-refractivity contribution in [2.75, 3.05) is 6.54 Å². The highest BCUT2D eigenvalue weighted by molar-refractivity contribution is 6.34. The van der Waals surface area contributed by atoms with Crippen LogP contribution in [0.4, 0.5) is 17.6 Å². The van der Waals surface area contributed by atoms with Crippen molar-refractivity contribution in [2.45, 2.75) is 56.5 Å². The molecule has 6 nitrogen and oxygen atoms in total. The van der Waals surface area contributed by atoms with Crippen molar-refractivity contribution in [3.8, 4) is 22.6 Å². The van der Waals surface area contributed by atoms with Crippen LogP contribution in [0.5, 0.6) is 11.5 Å². The summed E-state index contributed by atoms with van der Waals surface area (Å²) in [6.45, 7) is -3.07. The average Bonchev–Trinajstić information content (AvgIpc) is 3.30. The topological polar surface area (TPSA) is 93.8 Å². The summed E-state index contributed by atoms with van der Waals surface area (Å²) in [7, 11) is 0. The average molecular weight is 579 g/mol. The first-order valence-corrected chi connectivity index (χ1v) is 13.2. The van der Waals surface area contributed by atoms with E-state index in [1.807, 2.05) is 30.3 Å². The van der Waals surface area contributed by atoms with Gasteiger partial charge in [0, 0.05) is 41.8 Å². The molecule has 0 saturated heterocycles. The number of carbonyl (C=O) groups is 1. The number of halogens is 5. The third kappa shape index (κ3) is 5.35. The summed E-state index contributed by atoms with van der Waals surface area (Å²) in [6, 6.07) is 12.3. The number of ether oxygens (including phenoxy) is 2. The third-order valence-electron chi connectivity index (χ3n) is 7.56. The Hall–Kier alpha value is -3.34. The van der Waals surface area contributed by atoms with Crippen LogP contribution < -0.4 is 20.5 Å². The lowest BCUT2D eigenvalue weighted by Gasteiger charge is -2.34. The van der Waals surface area contributed by atoms with Crippen LogP contribution in [-0.4, -0.2) is 36.3 Å². The quantitative estimate of drug-likeness (QED) is 0.298. The first-order chi connectivity index (χ1) is 19.1. The normalized spacial score (nSPS) is 22.2. The maximum Gasteiger partial charge on any atom is 0.387 e. The van der Waals surface area contributed by atoms with Gasteiger partial charge in [-0.2, -0.15) is 8.78 Å². The van der Waals surface area contributed by atoms with E-state index < -0.39 is 46.1 Å². The van der Waals surface area contributed by atoms with Gasteiger partial charge in [0.2, 0.25) is 5.91 Å². The molecule has 212 valence electrons. The van der Waals surface area contributed by atoms with Crippen LogP contribution in [0, 0.1) is 11.6 Å². The van der Waals surface area contributed by atoms with Crippen molar-refractivity contribution in [1.82, 2.24) is 5.32 Å². The fourth-order valence-corrected chi connectivity index (χ4v) is 5.85. The molecule has 3 aromatic carbocycles. The highest BCUT2D eigenvalue weighted by Gasteiger charge is 2.44. The molecule has 0 bridgehead atoms. The predicted molar refractivity (Wildman–Crippen MR) is 141 cm³/mol.